The summed E-state index contributed by atoms with van der Waals surface area (Å²) in [7, 11) is 0. The van der Waals surface area contributed by atoms with E-state index in [0.29, 0.717) is 16.6 Å². The van der Waals surface area contributed by atoms with E-state index in [-0.39, 0.29) is 6.04 Å². The lowest BCUT2D eigenvalue weighted by Gasteiger charge is -2.20. The Labute approximate surface area is 146 Å². The van der Waals surface area contributed by atoms with Crippen molar-refractivity contribution in [1.82, 2.24) is 5.32 Å². The highest BCUT2D eigenvalue weighted by Crippen LogP contribution is 2.27. The molecule has 0 aliphatic heterocycles. The Morgan fingerprint density at radius 1 is 0.696 bits per heavy atom. The lowest BCUT2D eigenvalue weighted by molar-refractivity contribution is 0.605. The van der Waals surface area contributed by atoms with Crippen molar-refractivity contribution in [2.75, 3.05) is 0 Å². The Morgan fingerprint density at radius 2 is 1.26 bits per heavy atom. The number of rotatable bonds is 5. The van der Waals surface area contributed by atoms with Gasteiger partial charge in [0.25, 0.3) is 0 Å². The zero-order valence-corrected chi connectivity index (χ0v) is 14.1. The van der Waals surface area contributed by atoms with E-state index in [0.717, 1.165) is 5.56 Å². The maximum absolute atomic E-state index is 6.30. The first-order valence-corrected chi connectivity index (χ1v) is 8.27. The van der Waals surface area contributed by atoms with E-state index in [1.807, 2.05) is 24.3 Å². The number of hydrogen-bond acceptors (Lipinski definition) is 1. The Balaban J connectivity index is 1.86. The van der Waals surface area contributed by atoms with E-state index in [4.69, 9.17) is 23.2 Å². The third-order valence-corrected chi connectivity index (χ3v) is 4.65. The first-order chi connectivity index (χ1) is 11.3. The summed E-state index contributed by atoms with van der Waals surface area (Å²) in [5.41, 5.74) is 3.43. The summed E-state index contributed by atoms with van der Waals surface area (Å²) in [6, 6.07) is 26.6. The fraction of sp³-hybridized carbons (Fsp3) is 0.100. The van der Waals surface area contributed by atoms with E-state index in [1.165, 1.54) is 11.1 Å². The molecule has 0 aromatic heterocycles. The van der Waals surface area contributed by atoms with Crippen LogP contribution in [0.2, 0.25) is 10.0 Å². The van der Waals surface area contributed by atoms with E-state index in [9.17, 15) is 0 Å². The second kappa shape index (κ2) is 7.65. The summed E-state index contributed by atoms with van der Waals surface area (Å²) in [6.07, 6.45) is 0. The van der Waals surface area contributed by atoms with Crippen molar-refractivity contribution in [3.63, 3.8) is 0 Å². The van der Waals surface area contributed by atoms with Gasteiger partial charge in [0.15, 0.2) is 0 Å². The standard InChI is InChI=1S/C20H17Cl2N/c21-18-13-7-12-17(19(18)22)14-23-20(15-8-3-1-4-9-15)16-10-5-2-6-11-16/h1-13,20,23H,14H2. The lowest BCUT2D eigenvalue weighted by Crippen LogP contribution is -2.22. The molecule has 0 saturated carbocycles. The monoisotopic (exact) mass is 341 g/mol. The van der Waals surface area contributed by atoms with Gasteiger partial charge in [-0.05, 0) is 22.8 Å². The van der Waals surface area contributed by atoms with Crippen LogP contribution in [0.1, 0.15) is 22.7 Å². The summed E-state index contributed by atoms with van der Waals surface area (Å²) >= 11 is 12.4. The van der Waals surface area contributed by atoms with Crippen LogP contribution >= 0.6 is 23.2 Å². The summed E-state index contributed by atoms with van der Waals surface area (Å²) in [6.45, 7) is 0.647. The number of halogens is 2. The third-order valence-electron chi connectivity index (χ3n) is 3.79. The van der Waals surface area contributed by atoms with Gasteiger partial charge in [-0.2, -0.15) is 0 Å². The molecular formula is C20H17Cl2N. The Kier molecular flexibility index (Phi) is 5.35. The van der Waals surface area contributed by atoms with Gasteiger partial charge in [0, 0.05) is 6.54 Å². The van der Waals surface area contributed by atoms with Gasteiger partial charge in [-0.15, -0.1) is 0 Å². The number of nitrogens with one attached hydrogen (secondary N) is 1. The zero-order valence-electron chi connectivity index (χ0n) is 12.5. The first kappa shape index (κ1) is 16.1. The average molecular weight is 342 g/mol. The van der Waals surface area contributed by atoms with Crippen LogP contribution in [0, 0.1) is 0 Å². The smallest absolute Gasteiger partial charge is 0.0637 e. The minimum atomic E-state index is 0.104. The Morgan fingerprint density at radius 3 is 1.83 bits per heavy atom. The van der Waals surface area contributed by atoms with Gasteiger partial charge in [0.2, 0.25) is 0 Å². The molecule has 1 N–H and O–H groups in total. The number of hydrogen-bond donors (Lipinski definition) is 1. The molecule has 0 heterocycles. The van der Waals surface area contributed by atoms with Crippen molar-refractivity contribution in [1.29, 1.82) is 0 Å². The van der Waals surface area contributed by atoms with Crippen molar-refractivity contribution in [2.45, 2.75) is 12.6 Å². The van der Waals surface area contributed by atoms with Crippen molar-refractivity contribution in [3.8, 4) is 0 Å². The molecule has 1 nitrogen and oxygen atoms in total. The molecule has 0 fully saturated rings. The predicted molar refractivity (Wildman–Crippen MR) is 98.0 cm³/mol. The normalized spacial score (nSPS) is 10.9. The minimum absolute atomic E-state index is 0.104. The van der Waals surface area contributed by atoms with E-state index >= 15 is 0 Å². The molecule has 0 aliphatic carbocycles. The molecule has 0 saturated heterocycles. The van der Waals surface area contributed by atoms with Crippen LogP contribution in [-0.2, 0) is 6.54 Å². The number of benzene rings is 3. The van der Waals surface area contributed by atoms with Crippen LogP contribution in [-0.4, -0.2) is 0 Å². The molecule has 0 amide bonds. The van der Waals surface area contributed by atoms with Crippen molar-refractivity contribution < 1.29 is 0 Å². The lowest BCUT2D eigenvalue weighted by atomic mass is 9.98. The molecule has 3 aromatic rings. The SMILES string of the molecule is Clc1cccc(CNC(c2ccccc2)c2ccccc2)c1Cl. The third kappa shape index (κ3) is 3.94. The molecule has 23 heavy (non-hydrogen) atoms. The molecule has 0 aliphatic rings. The molecule has 0 bridgehead atoms. The van der Waals surface area contributed by atoms with Crippen LogP contribution in [0.3, 0.4) is 0 Å². The van der Waals surface area contributed by atoms with Crippen LogP contribution in [0.15, 0.2) is 78.9 Å². The molecule has 3 aromatic carbocycles. The fourth-order valence-corrected chi connectivity index (χ4v) is 3.00. The molecule has 0 atom stereocenters. The van der Waals surface area contributed by atoms with Gasteiger partial charge < -0.3 is 5.32 Å². The molecule has 3 heteroatoms. The second-order valence-electron chi connectivity index (χ2n) is 5.35. The summed E-state index contributed by atoms with van der Waals surface area (Å²) in [5, 5.41) is 4.79. The summed E-state index contributed by atoms with van der Waals surface area (Å²) < 4.78 is 0. The van der Waals surface area contributed by atoms with Crippen LogP contribution < -0.4 is 5.32 Å². The van der Waals surface area contributed by atoms with Crippen LogP contribution in [0.25, 0.3) is 0 Å². The largest absolute Gasteiger partial charge is 0.302 e. The zero-order chi connectivity index (χ0) is 16.1. The molecule has 3 rings (SSSR count). The summed E-state index contributed by atoms with van der Waals surface area (Å²) in [5.74, 6) is 0. The minimum Gasteiger partial charge on any atom is -0.302 e. The topological polar surface area (TPSA) is 12.0 Å². The van der Waals surface area contributed by atoms with Crippen molar-refractivity contribution in [3.05, 3.63) is 106 Å². The first-order valence-electron chi connectivity index (χ1n) is 7.52. The van der Waals surface area contributed by atoms with Gasteiger partial charge in [-0.25, -0.2) is 0 Å². The van der Waals surface area contributed by atoms with E-state index in [1.54, 1.807) is 6.07 Å². The van der Waals surface area contributed by atoms with Gasteiger partial charge in [0.05, 0.1) is 16.1 Å². The average Bonchev–Trinajstić information content (AvgIpc) is 2.60. The van der Waals surface area contributed by atoms with Crippen LogP contribution in [0.4, 0.5) is 0 Å². The van der Waals surface area contributed by atoms with Gasteiger partial charge in [-0.3, -0.25) is 0 Å². The highest BCUT2D eigenvalue weighted by atomic mass is 35.5. The quantitative estimate of drug-likeness (QED) is 0.611. The maximum atomic E-state index is 6.30. The highest BCUT2D eigenvalue weighted by Gasteiger charge is 2.14. The predicted octanol–water partition coefficient (Wildman–Crippen LogP) is 5.87. The summed E-state index contributed by atoms with van der Waals surface area (Å²) in [4.78, 5) is 0. The van der Waals surface area contributed by atoms with E-state index in [2.05, 4.69) is 53.8 Å². The molecular weight excluding hydrogens is 325 g/mol. The maximum Gasteiger partial charge on any atom is 0.0637 e. The Bertz CT molecular complexity index is 718. The molecule has 0 unspecified atom stereocenters. The van der Waals surface area contributed by atoms with Crippen molar-refractivity contribution >= 4 is 23.2 Å². The molecule has 116 valence electrons. The van der Waals surface area contributed by atoms with Gasteiger partial charge in [0.1, 0.15) is 0 Å². The van der Waals surface area contributed by atoms with Gasteiger partial charge in [-0.1, -0.05) is 96.0 Å². The van der Waals surface area contributed by atoms with Crippen LogP contribution in [0.5, 0.6) is 0 Å². The molecule has 0 radical (unpaired) electrons. The second-order valence-corrected chi connectivity index (χ2v) is 6.13. The fourth-order valence-electron chi connectivity index (χ4n) is 2.62. The van der Waals surface area contributed by atoms with E-state index < -0.39 is 0 Å². The molecule has 0 spiro atoms. The Hall–Kier alpha value is -1.80. The van der Waals surface area contributed by atoms with Crippen molar-refractivity contribution in [2.24, 2.45) is 0 Å². The highest BCUT2D eigenvalue weighted by molar-refractivity contribution is 6.42. The van der Waals surface area contributed by atoms with Gasteiger partial charge >= 0.3 is 0 Å².